The van der Waals surface area contributed by atoms with Crippen LogP contribution in [0.4, 0.5) is 0 Å². The molecule has 0 bridgehead atoms. The minimum atomic E-state index is -0.0608. The molecule has 0 aliphatic heterocycles. The summed E-state index contributed by atoms with van der Waals surface area (Å²) < 4.78 is 1.84. The van der Waals surface area contributed by atoms with Gasteiger partial charge in [0.05, 0.1) is 32.7 Å². The van der Waals surface area contributed by atoms with E-state index < -0.39 is 0 Å². The number of nitrogens with zero attached hydrogens (tertiary/aromatic N) is 2. The molecule has 0 radical (unpaired) electrons. The van der Waals surface area contributed by atoms with Gasteiger partial charge in [-0.3, -0.25) is 4.79 Å². The maximum atomic E-state index is 13.0. The van der Waals surface area contributed by atoms with Gasteiger partial charge in [0, 0.05) is 6.54 Å². The van der Waals surface area contributed by atoms with Gasteiger partial charge in [-0.25, -0.2) is 4.68 Å². The van der Waals surface area contributed by atoms with Gasteiger partial charge in [0.15, 0.2) is 0 Å². The normalized spacial score (nSPS) is 11.7. The summed E-state index contributed by atoms with van der Waals surface area (Å²) in [5, 5.41) is 8.83. The molecule has 1 heterocycles. The largest absolute Gasteiger partial charge is 0.352 e. The van der Waals surface area contributed by atoms with Crippen LogP contribution in [-0.4, -0.2) is 22.2 Å². The van der Waals surface area contributed by atoms with Crippen LogP contribution < -0.4 is 5.32 Å². The maximum absolute atomic E-state index is 13.0. The van der Waals surface area contributed by atoms with Gasteiger partial charge < -0.3 is 5.32 Å². The molecule has 0 saturated carbocycles. The Hall–Kier alpha value is -1.52. The Labute approximate surface area is 172 Å². The number of carbonyl (C=O) groups excluding carboxylic acids is 1. The molecule has 0 fully saturated rings. The van der Waals surface area contributed by atoms with E-state index in [4.69, 9.17) is 28.3 Å². The van der Waals surface area contributed by atoms with Crippen LogP contribution >= 0.6 is 23.2 Å². The molecule has 148 valence electrons. The number of halogens is 2. The van der Waals surface area contributed by atoms with Crippen LogP contribution in [0.15, 0.2) is 18.2 Å². The average molecular weight is 410 g/mol. The zero-order chi connectivity index (χ0) is 20.3. The summed E-state index contributed by atoms with van der Waals surface area (Å²) in [6.07, 6.45) is 0.735. The fourth-order valence-corrected chi connectivity index (χ4v) is 3.28. The molecule has 1 aromatic carbocycles. The SMILES string of the molecule is CC(C)CNC(=O)c1c(CC(C)C)nn(-c2ccc(Cl)c(Cl)c2)c1C(C)C. The number of hydrogen-bond donors (Lipinski definition) is 1. The molecule has 1 amide bonds. The minimum absolute atomic E-state index is 0.0608. The summed E-state index contributed by atoms with van der Waals surface area (Å²) in [5.74, 6) is 0.830. The second-order valence-electron chi connectivity index (χ2n) is 8.07. The van der Waals surface area contributed by atoms with Crippen LogP contribution in [0.25, 0.3) is 5.69 Å². The van der Waals surface area contributed by atoms with E-state index in [0.717, 1.165) is 23.5 Å². The van der Waals surface area contributed by atoms with Crippen molar-refractivity contribution in [2.45, 2.75) is 53.9 Å². The number of hydrogen-bond acceptors (Lipinski definition) is 2. The molecule has 0 unspecified atom stereocenters. The van der Waals surface area contributed by atoms with Gasteiger partial charge >= 0.3 is 0 Å². The van der Waals surface area contributed by atoms with Crippen LogP contribution in [0.2, 0.25) is 10.0 Å². The maximum Gasteiger partial charge on any atom is 0.255 e. The van der Waals surface area contributed by atoms with Gasteiger partial charge in [-0.05, 0) is 42.4 Å². The van der Waals surface area contributed by atoms with Crippen molar-refractivity contribution < 1.29 is 4.79 Å². The Morgan fingerprint density at radius 2 is 1.74 bits per heavy atom. The molecule has 1 aromatic heterocycles. The molecule has 0 spiro atoms. The zero-order valence-electron chi connectivity index (χ0n) is 16.9. The van der Waals surface area contributed by atoms with Gasteiger partial charge in [0.1, 0.15) is 0 Å². The summed E-state index contributed by atoms with van der Waals surface area (Å²) in [5.41, 5.74) is 3.21. The highest BCUT2D eigenvalue weighted by atomic mass is 35.5. The van der Waals surface area contributed by atoms with E-state index in [-0.39, 0.29) is 11.8 Å². The molecule has 2 rings (SSSR count). The molecule has 0 aliphatic rings. The van der Waals surface area contributed by atoms with Gasteiger partial charge in [-0.15, -0.1) is 0 Å². The zero-order valence-corrected chi connectivity index (χ0v) is 18.4. The fraction of sp³-hybridized carbons (Fsp3) is 0.524. The molecule has 27 heavy (non-hydrogen) atoms. The summed E-state index contributed by atoms with van der Waals surface area (Å²) in [6.45, 7) is 13.2. The van der Waals surface area contributed by atoms with E-state index in [9.17, 15) is 4.79 Å². The van der Waals surface area contributed by atoms with Crippen LogP contribution in [-0.2, 0) is 6.42 Å². The van der Waals surface area contributed by atoms with Crippen molar-refractivity contribution in [3.05, 3.63) is 45.2 Å². The minimum Gasteiger partial charge on any atom is -0.352 e. The first-order valence-electron chi connectivity index (χ1n) is 9.47. The molecule has 0 saturated heterocycles. The molecule has 2 aromatic rings. The second kappa shape index (κ2) is 9.11. The smallest absolute Gasteiger partial charge is 0.255 e. The van der Waals surface area contributed by atoms with Gasteiger partial charge in [0.25, 0.3) is 5.91 Å². The third-order valence-electron chi connectivity index (χ3n) is 4.19. The van der Waals surface area contributed by atoms with Crippen LogP contribution in [0.5, 0.6) is 0 Å². The first kappa shape index (κ1) is 21.8. The lowest BCUT2D eigenvalue weighted by molar-refractivity contribution is 0.0946. The highest BCUT2D eigenvalue weighted by Crippen LogP contribution is 2.30. The lowest BCUT2D eigenvalue weighted by atomic mass is 9.98. The van der Waals surface area contributed by atoms with E-state index in [1.54, 1.807) is 12.1 Å². The summed E-state index contributed by atoms with van der Waals surface area (Å²) >= 11 is 12.3. The monoisotopic (exact) mass is 409 g/mol. The van der Waals surface area contributed by atoms with Crippen molar-refractivity contribution in [2.24, 2.45) is 11.8 Å². The topological polar surface area (TPSA) is 46.9 Å². The predicted octanol–water partition coefficient (Wildman–Crippen LogP) is 5.89. The van der Waals surface area contributed by atoms with Crippen molar-refractivity contribution >= 4 is 29.1 Å². The van der Waals surface area contributed by atoms with Crippen molar-refractivity contribution in [1.29, 1.82) is 0 Å². The van der Waals surface area contributed by atoms with E-state index in [1.165, 1.54) is 0 Å². The van der Waals surface area contributed by atoms with E-state index in [2.05, 4.69) is 46.9 Å². The summed E-state index contributed by atoms with van der Waals surface area (Å²) in [6, 6.07) is 5.42. The van der Waals surface area contributed by atoms with Crippen molar-refractivity contribution in [2.75, 3.05) is 6.54 Å². The van der Waals surface area contributed by atoms with E-state index in [1.807, 2.05) is 10.7 Å². The van der Waals surface area contributed by atoms with Gasteiger partial charge in [0.2, 0.25) is 0 Å². The summed E-state index contributed by atoms with van der Waals surface area (Å²) in [7, 11) is 0. The van der Waals surface area contributed by atoms with Crippen LogP contribution in [0, 0.1) is 11.8 Å². The highest BCUT2D eigenvalue weighted by Gasteiger charge is 2.26. The fourth-order valence-electron chi connectivity index (χ4n) is 2.99. The quantitative estimate of drug-likeness (QED) is 0.619. The van der Waals surface area contributed by atoms with Crippen LogP contribution in [0.1, 0.15) is 69.2 Å². The molecular weight excluding hydrogens is 381 g/mol. The predicted molar refractivity (Wildman–Crippen MR) is 113 cm³/mol. The average Bonchev–Trinajstić information content (AvgIpc) is 2.93. The lowest BCUT2D eigenvalue weighted by Crippen LogP contribution is -2.29. The number of aromatic nitrogens is 2. The molecule has 6 heteroatoms. The molecular formula is C21H29Cl2N3O. The Bertz CT molecular complexity index is 810. The molecule has 4 nitrogen and oxygen atoms in total. The van der Waals surface area contributed by atoms with Gasteiger partial charge in [-0.2, -0.15) is 5.10 Å². The van der Waals surface area contributed by atoms with Crippen molar-refractivity contribution in [1.82, 2.24) is 15.1 Å². The molecule has 0 atom stereocenters. The number of amides is 1. The molecule has 0 aliphatic carbocycles. The highest BCUT2D eigenvalue weighted by molar-refractivity contribution is 6.42. The number of nitrogens with one attached hydrogen (secondary N) is 1. The Kier molecular flexibility index (Phi) is 7.35. The standard InChI is InChI=1S/C21H29Cl2N3O/c1-12(2)9-18-19(21(27)24-11-13(3)4)20(14(5)6)26(25-18)15-7-8-16(22)17(23)10-15/h7-8,10,12-14H,9,11H2,1-6H3,(H,24,27). The third kappa shape index (κ3) is 5.26. The van der Waals surface area contributed by atoms with Crippen LogP contribution in [0.3, 0.4) is 0 Å². The van der Waals surface area contributed by atoms with Gasteiger partial charge in [-0.1, -0.05) is 64.7 Å². The Morgan fingerprint density at radius 1 is 1.07 bits per heavy atom. The summed E-state index contributed by atoms with van der Waals surface area (Å²) in [4.78, 5) is 13.0. The number of benzene rings is 1. The van der Waals surface area contributed by atoms with E-state index in [0.29, 0.717) is 34.0 Å². The first-order chi connectivity index (χ1) is 12.6. The first-order valence-corrected chi connectivity index (χ1v) is 10.2. The second-order valence-corrected chi connectivity index (χ2v) is 8.89. The third-order valence-corrected chi connectivity index (χ3v) is 4.93. The van der Waals surface area contributed by atoms with Crippen molar-refractivity contribution in [3.8, 4) is 5.69 Å². The Morgan fingerprint density at radius 3 is 2.26 bits per heavy atom. The van der Waals surface area contributed by atoms with Crippen molar-refractivity contribution in [3.63, 3.8) is 0 Å². The number of rotatable bonds is 7. The molecule has 1 N–H and O–H groups in total. The number of carbonyl (C=O) groups is 1. The lowest BCUT2D eigenvalue weighted by Gasteiger charge is -2.14. The van der Waals surface area contributed by atoms with E-state index >= 15 is 0 Å². The Balaban J connectivity index is 2.63.